The lowest BCUT2D eigenvalue weighted by Gasteiger charge is -2.33. The first-order valence-corrected chi connectivity index (χ1v) is 7.83. The van der Waals surface area contributed by atoms with Crippen LogP contribution in [-0.2, 0) is 10.2 Å². The van der Waals surface area contributed by atoms with Crippen molar-refractivity contribution < 1.29 is 8.42 Å². The SMILES string of the molecule is CCCCN(C)S(=O)(=O)N1CCC(CN)CC1. The fourth-order valence-corrected chi connectivity index (χ4v) is 3.50. The fraction of sp³-hybridized carbons (Fsp3) is 1.00. The van der Waals surface area contributed by atoms with E-state index in [4.69, 9.17) is 5.73 Å². The van der Waals surface area contributed by atoms with E-state index in [1.807, 2.05) is 0 Å². The third-order valence-electron chi connectivity index (χ3n) is 3.45. The molecule has 0 aromatic carbocycles. The Morgan fingerprint density at radius 3 is 2.41 bits per heavy atom. The van der Waals surface area contributed by atoms with Crippen molar-refractivity contribution in [3.05, 3.63) is 0 Å². The molecule has 0 aromatic rings. The first-order valence-electron chi connectivity index (χ1n) is 6.43. The van der Waals surface area contributed by atoms with Crippen LogP contribution in [0.15, 0.2) is 0 Å². The normalized spacial score (nSPS) is 20.0. The Bertz CT molecular complexity index is 311. The molecule has 1 saturated heterocycles. The Morgan fingerprint density at radius 2 is 1.94 bits per heavy atom. The molecule has 6 heteroatoms. The minimum atomic E-state index is -3.24. The van der Waals surface area contributed by atoms with Crippen molar-refractivity contribution in [3.63, 3.8) is 0 Å². The molecule has 1 aliphatic rings. The summed E-state index contributed by atoms with van der Waals surface area (Å²) in [5.74, 6) is 0.488. The van der Waals surface area contributed by atoms with Gasteiger partial charge in [-0.25, -0.2) is 0 Å². The quantitative estimate of drug-likeness (QED) is 0.764. The van der Waals surface area contributed by atoms with Gasteiger partial charge in [-0.05, 0) is 31.7 Å². The van der Waals surface area contributed by atoms with E-state index in [-0.39, 0.29) is 0 Å². The number of nitrogens with two attached hydrogens (primary N) is 1. The largest absolute Gasteiger partial charge is 0.330 e. The van der Waals surface area contributed by atoms with Crippen molar-refractivity contribution in [2.45, 2.75) is 32.6 Å². The summed E-state index contributed by atoms with van der Waals surface area (Å²) in [5, 5.41) is 0. The second-order valence-electron chi connectivity index (χ2n) is 4.76. The summed E-state index contributed by atoms with van der Waals surface area (Å²) in [7, 11) is -1.57. The lowest BCUT2D eigenvalue weighted by Crippen LogP contribution is -2.46. The topological polar surface area (TPSA) is 66.6 Å². The van der Waals surface area contributed by atoms with Gasteiger partial charge in [0.25, 0.3) is 10.2 Å². The summed E-state index contributed by atoms with van der Waals surface area (Å²) in [6, 6.07) is 0. The smallest absolute Gasteiger partial charge is 0.281 e. The molecule has 0 atom stereocenters. The first kappa shape index (κ1) is 14.9. The molecule has 0 unspecified atom stereocenters. The van der Waals surface area contributed by atoms with Gasteiger partial charge in [0.1, 0.15) is 0 Å². The van der Waals surface area contributed by atoms with Crippen LogP contribution in [0.2, 0.25) is 0 Å². The van der Waals surface area contributed by atoms with E-state index in [2.05, 4.69) is 6.92 Å². The van der Waals surface area contributed by atoms with Crippen LogP contribution in [0.3, 0.4) is 0 Å². The molecule has 1 rings (SSSR count). The molecule has 0 amide bonds. The van der Waals surface area contributed by atoms with Crippen LogP contribution < -0.4 is 5.73 Å². The van der Waals surface area contributed by atoms with Crippen molar-refractivity contribution in [3.8, 4) is 0 Å². The minimum Gasteiger partial charge on any atom is -0.330 e. The van der Waals surface area contributed by atoms with Gasteiger partial charge in [0.05, 0.1) is 0 Å². The molecule has 5 nitrogen and oxygen atoms in total. The van der Waals surface area contributed by atoms with Gasteiger partial charge in [0, 0.05) is 26.7 Å². The molecule has 1 aliphatic heterocycles. The lowest BCUT2D eigenvalue weighted by atomic mass is 9.99. The van der Waals surface area contributed by atoms with Gasteiger partial charge in [-0.3, -0.25) is 0 Å². The average molecular weight is 263 g/mol. The van der Waals surface area contributed by atoms with Crippen molar-refractivity contribution in [1.29, 1.82) is 0 Å². The second-order valence-corrected chi connectivity index (χ2v) is 6.80. The van der Waals surface area contributed by atoms with E-state index < -0.39 is 10.2 Å². The predicted octanol–water partition coefficient (Wildman–Crippen LogP) is 0.634. The maximum Gasteiger partial charge on any atom is 0.281 e. The molecular weight excluding hydrogens is 238 g/mol. The molecule has 0 aromatic heterocycles. The molecule has 0 saturated carbocycles. The molecule has 1 heterocycles. The highest BCUT2D eigenvalue weighted by Gasteiger charge is 2.30. The number of piperidine rings is 1. The first-order chi connectivity index (χ1) is 8.02. The highest BCUT2D eigenvalue weighted by atomic mass is 32.2. The van der Waals surface area contributed by atoms with Crippen molar-refractivity contribution >= 4 is 10.2 Å². The van der Waals surface area contributed by atoms with E-state index in [0.29, 0.717) is 32.1 Å². The zero-order chi connectivity index (χ0) is 12.9. The van der Waals surface area contributed by atoms with Crippen LogP contribution >= 0.6 is 0 Å². The second kappa shape index (κ2) is 6.68. The summed E-state index contributed by atoms with van der Waals surface area (Å²) in [5.41, 5.74) is 5.60. The molecule has 2 N–H and O–H groups in total. The van der Waals surface area contributed by atoms with Gasteiger partial charge in [0.2, 0.25) is 0 Å². The van der Waals surface area contributed by atoms with Gasteiger partial charge < -0.3 is 5.73 Å². The summed E-state index contributed by atoms with van der Waals surface area (Å²) < 4.78 is 27.5. The highest BCUT2D eigenvalue weighted by Crippen LogP contribution is 2.20. The van der Waals surface area contributed by atoms with E-state index in [1.165, 1.54) is 4.31 Å². The Morgan fingerprint density at radius 1 is 1.35 bits per heavy atom. The van der Waals surface area contributed by atoms with E-state index >= 15 is 0 Å². The molecular formula is C11H25N3O2S. The molecule has 0 spiro atoms. The summed E-state index contributed by atoms with van der Waals surface area (Å²) in [4.78, 5) is 0. The molecule has 17 heavy (non-hydrogen) atoms. The zero-order valence-corrected chi connectivity index (χ0v) is 11.7. The Hall–Kier alpha value is -0.170. The maximum absolute atomic E-state index is 12.2. The minimum absolute atomic E-state index is 0.488. The summed E-state index contributed by atoms with van der Waals surface area (Å²) >= 11 is 0. The zero-order valence-electron chi connectivity index (χ0n) is 10.9. The van der Waals surface area contributed by atoms with Crippen LogP contribution in [0.1, 0.15) is 32.6 Å². The standard InChI is InChI=1S/C11H25N3O2S/c1-3-4-7-13(2)17(15,16)14-8-5-11(10-12)6-9-14/h11H,3-10,12H2,1-2H3. The average Bonchev–Trinajstić information content (AvgIpc) is 2.35. The van der Waals surface area contributed by atoms with Crippen LogP contribution in [0.5, 0.6) is 0 Å². The molecule has 102 valence electrons. The Kier molecular flexibility index (Phi) is 5.85. The third-order valence-corrected chi connectivity index (χ3v) is 5.44. The lowest BCUT2D eigenvalue weighted by molar-refractivity contribution is 0.262. The Balaban J connectivity index is 2.53. The van der Waals surface area contributed by atoms with Crippen molar-refractivity contribution in [2.75, 3.05) is 33.2 Å². The maximum atomic E-state index is 12.2. The summed E-state index contributed by atoms with van der Waals surface area (Å²) in [6.07, 6.45) is 3.69. The number of hydrogen-bond donors (Lipinski definition) is 1. The van der Waals surface area contributed by atoms with Crippen LogP contribution in [-0.4, -0.2) is 50.3 Å². The van der Waals surface area contributed by atoms with E-state index in [9.17, 15) is 8.42 Å². The van der Waals surface area contributed by atoms with Crippen LogP contribution in [0.4, 0.5) is 0 Å². The monoisotopic (exact) mass is 263 g/mol. The number of hydrogen-bond acceptors (Lipinski definition) is 3. The molecule has 0 aliphatic carbocycles. The Labute approximate surface area is 105 Å². The van der Waals surface area contributed by atoms with Crippen molar-refractivity contribution in [2.24, 2.45) is 11.7 Å². The molecule has 0 radical (unpaired) electrons. The van der Waals surface area contributed by atoms with Crippen LogP contribution in [0.25, 0.3) is 0 Å². The summed E-state index contributed by atoms with van der Waals surface area (Å²) in [6.45, 7) is 4.56. The van der Waals surface area contributed by atoms with Crippen molar-refractivity contribution in [1.82, 2.24) is 8.61 Å². The van der Waals surface area contributed by atoms with E-state index in [0.717, 1.165) is 25.7 Å². The highest BCUT2D eigenvalue weighted by molar-refractivity contribution is 7.86. The predicted molar refractivity (Wildman–Crippen MR) is 69.8 cm³/mol. The van der Waals surface area contributed by atoms with Crippen LogP contribution in [0, 0.1) is 5.92 Å². The number of rotatable bonds is 6. The number of nitrogens with zero attached hydrogens (tertiary/aromatic N) is 2. The molecule has 1 fully saturated rings. The van der Waals surface area contributed by atoms with Gasteiger partial charge in [-0.15, -0.1) is 0 Å². The van der Waals surface area contributed by atoms with Gasteiger partial charge >= 0.3 is 0 Å². The fourth-order valence-electron chi connectivity index (χ4n) is 2.07. The molecule has 0 bridgehead atoms. The van der Waals surface area contributed by atoms with Gasteiger partial charge in [-0.2, -0.15) is 17.0 Å². The van der Waals surface area contributed by atoms with E-state index in [1.54, 1.807) is 11.4 Å². The van der Waals surface area contributed by atoms with Gasteiger partial charge in [-0.1, -0.05) is 13.3 Å². The number of unbranched alkanes of at least 4 members (excludes halogenated alkanes) is 1. The van der Waals surface area contributed by atoms with Gasteiger partial charge in [0.15, 0.2) is 0 Å². The third kappa shape index (κ3) is 3.91.